The lowest BCUT2D eigenvalue weighted by Crippen LogP contribution is -2.26. The van der Waals surface area contributed by atoms with Gasteiger partial charge in [-0.3, -0.25) is 4.79 Å². The number of pyridine rings is 2. The molecule has 2 aromatic heterocycles. The number of aromatic hydroxyl groups is 1. The maximum absolute atomic E-state index is 12.3. The van der Waals surface area contributed by atoms with E-state index in [0.717, 1.165) is 23.3 Å². The molecule has 0 spiro atoms. The Hall–Kier alpha value is -3.45. The summed E-state index contributed by atoms with van der Waals surface area (Å²) >= 11 is 0. The lowest BCUT2D eigenvalue weighted by atomic mass is 10.0. The Morgan fingerprint density at radius 1 is 1.14 bits per heavy atom. The van der Waals surface area contributed by atoms with Crippen molar-refractivity contribution in [3.8, 4) is 11.5 Å². The average Bonchev–Trinajstić information content (AvgIpc) is 2.73. The van der Waals surface area contributed by atoms with Gasteiger partial charge in [-0.25, -0.2) is 9.97 Å². The highest BCUT2D eigenvalue weighted by atomic mass is 16.5. The fraction of sp³-hybridized carbons (Fsp3) is 0.190. The number of anilines is 1. The number of nitrogens with zero attached hydrogens (tertiary/aromatic N) is 2. The summed E-state index contributed by atoms with van der Waals surface area (Å²) in [5.74, 6) is 0.649. The van der Waals surface area contributed by atoms with Crippen molar-refractivity contribution in [1.29, 1.82) is 0 Å². The number of carbonyl (C=O) groups is 1. The van der Waals surface area contributed by atoms with Crippen LogP contribution in [0, 0.1) is 0 Å². The van der Waals surface area contributed by atoms with E-state index in [0.29, 0.717) is 19.0 Å². The van der Waals surface area contributed by atoms with E-state index < -0.39 is 5.91 Å². The van der Waals surface area contributed by atoms with Gasteiger partial charge in [-0.1, -0.05) is 18.2 Å². The van der Waals surface area contributed by atoms with Gasteiger partial charge >= 0.3 is 0 Å². The summed E-state index contributed by atoms with van der Waals surface area (Å²) in [6.07, 6.45) is 3.99. The molecule has 0 bridgehead atoms. The Kier molecular flexibility index (Phi) is 5.16. The van der Waals surface area contributed by atoms with Gasteiger partial charge in [-0.05, 0) is 35.9 Å². The van der Waals surface area contributed by atoms with Crippen LogP contribution < -0.4 is 15.4 Å². The van der Waals surface area contributed by atoms with Crippen LogP contribution in [-0.4, -0.2) is 27.6 Å². The maximum atomic E-state index is 12.3. The molecule has 3 aromatic rings. The van der Waals surface area contributed by atoms with E-state index in [1.165, 1.54) is 12.3 Å². The molecular weight excluding hydrogens is 356 g/mol. The summed E-state index contributed by atoms with van der Waals surface area (Å²) in [5.41, 5.74) is 2.10. The van der Waals surface area contributed by atoms with Crippen LogP contribution in [-0.2, 0) is 6.54 Å². The molecule has 0 radical (unpaired) electrons. The number of benzene rings is 1. The van der Waals surface area contributed by atoms with Crippen molar-refractivity contribution in [1.82, 2.24) is 15.3 Å². The SMILES string of the molecule is O=C(Nc1cc(CNC2CCOc3ccccc32)ccn1)c1ncccc1O. The molecule has 0 aliphatic carbocycles. The van der Waals surface area contributed by atoms with Gasteiger partial charge in [0.2, 0.25) is 0 Å². The smallest absolute Gasteiger partial charge is 0.279 e. The number of carbonyl (C=O) groups excluding carboxylic acids is 1. The van der Waals surface area contributed by atoms with Crippen LogP contribution >= 0.6 is 0 Å². The summed E-state index contributed by atoms with van der Waals surface area (Å²) < 4.78 is 5.70. The number of nitrogens with one attached hydrogen (secondary N) is 2. The molecule has 7 nitrogen and oxygen atoms in total. The minimum absolute atomic E-state index is 0.0355. The summed E-state index contributed by atoms with van der Waals surface area (Å²) in [5, 5.41) is 16.0. The monoisotopic (exact) mass is 376 g/mol. The molecule has 3 heterocycles. The second-order valence-corrected chi connectivity index (χ2v) is 6.48. The standard InChI is InChI=1S/C21H20N4O3/c26-17-5-3-9-23-20(17)21(27)25-19-12-14(7-10-22-19)13-24-16-8-11-28-18-6-2-1-4-15(16)18/h1-7,9-10,12,16,24,26H,8,11,13H2,(H,22,25,27). The van der Waals surface area contributed by atoms with Gasteiger partial charge in [-0.2, -0.15) is 0 Å². The molecule has 0 fully saturated rings. The lowest BCUT2D eigenvalue weighted by molar-refractivity contribution is 0.101. The molecule has 1 atom stereocenters. The van der Waals surface area contributed by atoms with Crippen LogP contribution in [0.2, 0.25) is 0 Å². The third kappa shape index (κ3) is 3.94. The van der Waals surface area contributed by atoms with E-state index in [9.17, 15) is 9.90 Å². The zero-order chi connectivity index (χ0) is 19.3. The normalized spacial score (nSPS) is 15.4. The van der Waals surface area contributed by atoms with Crippen molar-refractivity contribution in [2.45, 2.75) is 19.0 Å². The van der Waals surface area contributed by atoms with E-state index >= 15 is 0 Å². The topological polar surface area (TPSA) is 96.4 Å². The average molecular weight is 376 g/mol. The molecule has 1 aliphatic heterocycles. The number of rotatable bonds is 5. The minimum atomic E-state index is -0.505. The first-order valence-electron chi connectivity index (χ1n) is 9.06. The highest BCUT2D eigenvalue weighted by molar-refractivity contribution is 6.04. The predicted octanol–water partition coefficient (Wildman–Crippen LogP) is 3.05. The summed E-state index contributed by atoms with van der Waals surface area (Å²) in [6, 6.07) is 14.9. The van der Waals surface area contributed by atoms with Gasteiger partial charge in [0.25, 0.3) is 5.91 Å². The van der Waals surface area contributed by atoms with Crippen LogP contribution in [0.25, 0.3) is 0 Å². The molecule has 142 valence electrons. The number of fused-ring (bicyclic) bond motifs is 1. The second kappa shape index (κ2) is 8.06. The molecular formula is C21H20N4O3. The molecule has 4 rings (SSSR count). The van der Waals surface area contributed by atoms with Crippen molar-refractivity contribution in [3.05, 3.63) is 77.7 Å². The Labute approximate surface area is 162 Å². The molecule has 0 saturated heterocycles. The number of aromatic nitrogens is 2. The Bertz CT molecular complexity index is 993. The third-order valence-corrected chi connectivity index (χ3v) is 4.58. The zero-order valence-electron chi connectivity index (χ0n) is 15.1. The summed E-state index contributed by atoms with van der Waals surface area (Å²) in [4.78, 5) is 20.4. The van der Waals surface area contributed by atoms with Gasteiger partial charge in [0.05, 0.1) is 6.61 Å². The largest absolute Gasteiger partial charge is 0.505 e. The molecule has 1 unspecified atom stereocenters. The summed E-state index contributed by atoms with van der Waals surface area (Å²) in [7, 11) is 0. The van der Waals surface area contributed by atoms with E-state index in [1.807, 2.05) is 24.3 Å². The molecule has 28 heavy (non-hydrogen) atoms. The minimum Gasteiger partial charge on any atom is -0.505 e. The maximum Gasteiger partial charge on any atom is 0.279 e. The van der Waals surface area contributed by atoms with Crippen molar-refractivity contribution in [3.63, 3.8) is 0 Å². The molecule has 1 amide bonds. The van der Waals surface area contributed by atoms with Gasteiger partial charge in [0.15, 0.2) is 5.69 Å². The number of hydrogen-bond acceptors (Lipinski definition) is 6. The Morgan fingerprint density at radius 3 is 2.93 bits per heavy atom. The third-order valence-electron chi connectivity index (χ3n) is 4.58. The fourth-order valence-electron chi connectivity index (χ4n) is 3.20. The molecule has 1 aliphatic rings. The zero-order valence-corrected chi connectivity index (χ0v) is 15.1. The van der Waals surface area contributed by atoms with Crippen LogP contribution in [0.1, 0.15) is 34.1 Å². The van der Waals surface area contributed by atoms with Crippen LogP contribution in [0.4, 0.5) is 5.82 Å². The molecule has 7 heteroatoms. The van der Waals surface area contributed by atoms with Crippen LogP contribution in [0.15, 0.2) is 60.9 Å². The van der Waals surface area contributed by atoms with Gasteiger partial charge in [0.1, 0.15) is 17.3 Å². The van der Waals surface area contributed by atoms with Crippen LogP contribution in [0.3, 0.4) is 0 Å². The van der Waals surface area contributed by atoms with Gasteiger partial charge < -0.3 is 20.5 Å². The molecule has 0 saturated carbocycles. The Morgan fingerprint density at radius 2 is 2.04 bits per heavy atom. The van der Waals surface area contributed by atoms with E-state index in [1.54, 1.807) is 18.3 Å². The first-order valence-corrected chi connectivity index (χ1v) is 9.06. The van der Waals surface area contributed by atoms with Gasteiger partial charge in [-0.15, -0.1) is 0 Å². The first-order chi connectivity index (χ1) is 13.7. The number of ether oxygens (including phenoxy) is 1. The highest BCUT2D eigenvalue weighted by Gasteiger charge is 2.20. The molecule has 3 N–H and O–H groups in total. The van der Waals surface area contributed by atoms with E-state index in [4.69, 9.17) is 4.74 Å². The van der Waals surface area contributed by atoms with Crippen LogP contribution in [0.5, 0.6) is 11.5 Å². The number of hydrogen-bond donors (Lipinski definition) is 3. The summed E-state index contributed by atoms with van der Waals surface area (Å²) in [6.45, 7) is 1.30. The number of para-hydroxylation sites is 1. The fourth-order valence-corrected chi connectivity index (χ4v) is 3.20. The predicted molar refractivity (Wildman–Crippen MR) is 104 cm³/mol. The van der Waals surface area contributed by atoms with E-state index in [2.05, 4.69) is 26.7 Å². The number of amides is 1. The highest BCUT2D eigenvalue weighted by Crippen LogP contribution is 2.31. The first kappa shape index (κ1) is 17.9. The molecule has 1 aromatic carbocycles. The lowest BCUT2D eigenvalue weighted by Gasteiger charge is -2.26. The Balaban J connectivity index is 1.42. The van der Waals surface area contributed by atoms with Gasteiger partial charge in [0, 0.05) is 37.0 Å². The second-order valence-electron chi connectivity index (χ2n) is 6.48. The van der Waals surface area contributed by atoms with Crippen molar-refractivity contribution >= 4 is 11.7 Å². The van der Waals surface area contributed by atoms with Crippen molar-refractivity contribution < 1.29 is 14.6 Å². The quantitative estimate of drug-likeness (QED) is 0.633. The van der Waals surface area contributed by atoms with E-state index in [-0.39, 0.29) is 17.5 Å². The van der Waals surface area contributed by atoms with Crippen molar-refractivity contribution in [2.75, 3.05) is 11.9 Å². The van der Waals surface area contributed by atoms with Crippen molar-refractivity contribution in [2.24, 2.45) is 0 Å².